The van der Waals surface area contributed by atoms with Gasteiger partial charge in [0, 0.05) is 0 Å². The molecule has 3 rings (SSSR count). The number of hydrogen-bond donors (Lipinski definition) is 0. The van der Waals surface area contributed by atoms with E-state index in [1.165, 1.54) is 38.5 Å². The van der Waals surface area contributed by atoms with Crippen LogP contribution in [-0.4, -0.2) is 25.1 Å². The third-order valence-corrected chi connectivity index (χ3v) is 7.66. The van der Waals surface area contributed by atoms with Gasteiger partial charge in [0.15, 0.2) is 6.17 Å². The van der Waals surface area contributed by atoms with Crippen molar-refractivity contribution in [1.29, 1.82) is 0 Å². The Hall–Kier alpha value is -0.440. The molecule has 0 heterocycles. The molecule has 150 valence electrons. The molecule has 3 fully saturated rings. The predicted octanol–water partition coefficient (Wildman–Crippen LogP) is 6.67. The van der Waals surface area contributed by atoms with Gasteiger partial charge >= 0.3 is 0 Å². The number of hydrogen-bond acceptors (Lipinski definition) is 1. The lowest BCUT2D eigenvalue weighted by Crippen LogP contribution is -2.46. The number of halogens is 2. The van der Waals surface area contributed by atoms with Crippen LogP contribution >= 0.6 is 0 Å². The smallest absolute Gasteiger partial charge is 0.157 e. The lowest BCUT2D eigenvalue weighted by atomic mass is 9.65. The van der Waals surface area contributed by atoms with Crippen LogP contribution < -0.4 is 0 Å². The summed E-state index contributed by atoms with van der Waals surface area (Å²) >= 11 is 0. The Kier molecular flexibility index (Phi) is 7.54. The lowest BCUT2D eigenvalue weighted by Gasteiger charge is -2.43. The Morgan fingerprint density at radius 2 is 1.38 bits per heavy atom. The van der Waals surface area contributed by atoms with Crippen LogP contribution in [0, 0.1) is 29.6 Å². The van der Waals surface area contributed by atoms with Gasteiger partial charge in [0.25, 0.3) is 0 Å². The van der Waals surface area contributed by atoms with Gasteiger partial charge in [-0.15, -0.1) is 6.58 Å². The Bertz CT molecular complexity index is 424. The monoisotopic (exact) mass is 368 g/mol. The standard InChI is InChI=1S/C23H38F2O/c1-3-4-15-26-21-14-13-20(22(24)23(21)25)19-11-9-18(10-12-19)17-7-5-16(2)6-8-17/h3,16-23H,1,4-15H2,2H3. The van der Waals surface area contributed by atoms with Crippen molar-refractivity contribution in [3.63, 3.8) is 0 Å². The van der Waals surface area contributed by atoms with E-state index >= 15 is 0 Å². The van der Waals surface area contributed by atoms with Gasteiger partial charge in [0.2, 0.25) is 0 Å². The van der Waals surface area contributed by atoms with E-state index in [1.807, 2.05) is 0 Å². The summed E-state index contributed by atoms with van der Waals surface area (Å²) in [5, 5.41) is 0. The van der Waals surface area contributed by atoms with Gasteiger partial charge in [-0.25, -0.2) is 8.78 Å². The number of ether oxygens (including phenoxy) is 1. The Labute approximate surface area is 159 Å². The maximum Gasteiger partial charge on any atom is 0.157 e. The van der Waals surface area contributed by atoms with Crippen LogP contribution in [0.15, 0.2) is 12.7 Å². The van der Waals surface area contributed by atoms with Crippen LogP contribution in [0.3, 0.4) is 0 Å². The molecular formula is C23H38F2O. The summed E-state index contributed by atoms with van der Waals surface area (Å²) in [5.74, 6) is 2.95. The normalized spacial score (nSPS) is 44.6. The van der Waals surface area contributed by atoms with Crippen molar-refractivity contribution in [2.45, 2.75) is 96.0 Å². The SMILES string of the molecule is C=CCCOC1CCC(C2CCC(C3CCC(C)CC3)CC2)C(F)C1F. The molecule has 0 saturated heterocycles. The van der Waals surface area contributed by atoms with E-state index in [4.69, 9.17) is 4.74 Å². The minimum Gasteiger partial charge on any atom is -0.375 e. The molecule has 0 aromatic heterocycles. The molecule has 3 heteroatoms. The second-order valence-corrected chi connectivity index (χ2v) is 9.31. The van der Waals surface area contributed by atoms with E-state index in [2.05, 4.69) is 13.5 Å². The summed E-state index contributed by atoms with van der Waals surface area (Å²) < 4.78 is 34.9. The van der Waals surface area contributed by atoms with Crippen molar-refractivity contribution in [3.05, 3.63) is 12.7 Å². The molecule has 0 N–H and O–H groups in total. The van der Waals surface area contributed by atoms with Crippen molar-refractivity contribution in [1.82, 2.24) is 0 Å². The van der Waals surface area contributed by atoms with E-state index in [9.17, 15) is 8.78 Å². The van der Waals surface area contributed by atoms with Gasteiger partial charge in [-0.05, 0) is 87.4 Å². The number of alkyl halides is 2. The first kappa shape index (κ1) is 20.3. The number of rotatable bonds is 6. The maximum atomic E-state index is 14.8. The molecule has 0 bridgehead atoms. The van der Waals surface area contributed by atoms with Gasteiger partial charge in [0.05, 0.1) is 12.7 Å². The topological polar surface area (TPSA) is 9.23 Å². The fraction of sp³-hybridized carbons (Fsp3) is 0.913. The van der Waals surface area contributed by atoms with Crippen molar-refractivity contribution in [2.24, 2.45) is 29.6 Å². The molecule has 0 aromatic rings. The van der Waals surface area contributed by atoms with E-state index in [0.717, 1.165) is 37.0 Å². The van der Waals surface area contributed by atoms with Gasteiger partial charge in [-0.3, -0.25) is 0 Å². The van der Waals surface area contributed by atoms with E-state index < -0.39 is 18.4 Å². The molecule has 0 spiro atoms. The third kappa shape index (κ3) is 4.88. The molecule has 26 heavy (non-hydrogen) atoms. The molecule has 4 unspecified atom stereocenters. The van der Waals surface area contributed by atoms with Crippen LogP contribution in [0.25, 0.3) is 0 Å². The zero-order valence-corrected chi connectivity index (χ0v) is 16.6. The fourth-order valence-electron chi connectivity index (χ4n) is 5.89. The molecule has 3 aliphatic rings. The van der Waals surface area contributed by atoms with Gasteiger partial charge < -0.3 is 4.74 Å². The second-order valence-electron chi connectivity index (χ2n) is 9.31. The van der Waals surface area contributed by atoms with Crippen LogP contribution in [0.5, 0.6) is 0 Å². The summed E-state index contributed by atoms with van der Waals surface area (Å²) in [6, 6.07) is 0. The largest absolute Gasteiger partial charge is 0.375 e. The van der Waals surface area contributed by atoms with Crippen molar-refractivity contribution < 1.29 is 13.5 Å². The first-order chi connectivity index (χ1) is 12.6. The summed E-state index contributed by atoms with van der Waals surface area (Å²) in [6.45, 7) is 6.48. The Morgan fingerprint density at radius 3 is 2.00 bits per heavy atom. The van der Waals surface area contributed by atoms with Crippen LogP contribution in [0.1, 0.15) is 77.6 Å². The summed E-state index contributed by atoms with van der Waals surface area (Å²) in [4.78, 5) is 0. The van der Waals surface area contributed by atoms with Crippen molar-refractivity contribution >= 4 is 0 Å². The first-order valence-electron chi connectivity index (χ1n) is 11.1. The molecular weight excluding hydrogens is 330 g/mol. The van der Waals surface area contributed by atoms with Gasteiger partial charge in [-0.2, -0.15) is 0 Å². The van der Waals surface area contributed by atoms with Crippen molar-refractivity contribution in [2.75, 3.05) is 6.61 Å². The zero-order valence-electron chi connectivity index (χ0n) is 16.6. The lowest BCUT2D eigenvalue weighted by molar-refractivity contribution is -0.0871. The third-order valence-electron chi connectivity index (χ3n) is 7.66. The highest BCUT2D eigenvalue weighted by atomic mass is 19.2. The van der Waals surface area contributed by atoms with Gasteiger partial charge in [0.1, 0.15) is 6.17 Å². The minimum absolute atomic E-state index is 0.0865. The molecule has 3 aliphatic carbocycles. The molecule has 1 nitrogen and oxygen atoms in total. The highest BCUT2D eigenvalue weighted by Gasteiger charge is 2.45. The van der Waals surface area contributed by atoms with E-state index in [-0.39, 0.29) is 5.92 Å². The van der Waals surface area contributed by atoms with Crippen LogP contribution in [0.4, 0.5) is 8.78 Å². The Balaban J connectivity index is 1.45. The zero-order chi connectivity index (χ0) is 18.5. The highest BCUT2D eigenvalue weighted by Crippen LogP contribution is 2.46. The maximum absolute atomic E-state index is 14.8. The molecule has 3 saturated carbocycles. The van der Waals surface area contributed by atoms with Crippen molar-refractivity contribution in [3.8, 4) is 0 Å². The first-order valence-corrected chi connectivity index (χ1v) is 11.1. The molecule has 0 amide bonds. The highest BCUT2D eigenvalue weighted by molar-refractivity contribution is 4.94. The van der Waals surface area contributed by atoms with Crippen LogP contribution in [-0.2, 0) is 4.74 Å². The van der Waals surface area contributed by atoms with Crippen LogP contribution in [0.2, 0.25) is 0 Å². The van der Waals surface area contributed by atoms with E-state index in [1.54, 1.807) is 6.08 Å². The fourth-order valence-corrected chi connectivity index (χ4v) is 5.89. The molecule has 0 aliphatic heterocycles. The molecule has 0 radical (unpaired) electrons. The summed E-state index contributed by atoms with van der Waals surface area (Å²) in [6.07, 6.45) is 10.8. The average Bonchev–Trinajstić information content (AvgIpc) is 2.66. The molecule has 0 aromatic carbocycles. The van der Waals surface area contributed by atoms with E-state index in [0.29, 0.717) is 25.4 Å². The molecule has 4 atom stereocenters. The summed E-state index contributed by atoms with van der Waals surface area (Å²) in [5.41, 5.74) is 0. The van der Waals surface area contributed by atoms with Gasteiger partial charge in [-0.1, -0.05) is 25.8 Å². The quantitative estimate of drug-likeness (QED) is 0.376. The summed E-state index contributed by atoms with van der Waals surface area (Å²) in [7, 11) is 0. The predicted molar refractivity (Wildman–Crippen MR) is 104 cm³/mol. The Morgan fingerprint density at radius 1 is 0.808 bits per heavy atom. The second kappa shape index (κ2) is 9.66. The minimum atomic E-state index is -1.45. The average molecular weight is 369 g/mol.